The van der Waals surface area contributed by atoms with Crippen LogP contribution in [-0.2, 0) is 27.1 Å². The van der Waals surface area contributed by atoms with Crippen LogP contribution in [0.5, 0.6) is 11.5 Å². The third-order valence-electron chi connectivity index (χ3n) is 18.4. The van der Waals surface area contributed by atoms with E-state index in [1.54, 1.807) is 16.7 Å². The first-order valence-electron chi connectivity index (χ1n) is 39.0. The molecular formula is C88H86N4O. The lowest BCUT2D eigenvalue weighted by molar-refractivity contribution is -0.570. The molecule has 5 heteroatoms. The van der Waals surface area contributed by atoms with Crippen LogP contribution in [-0.4, -0.2) is 14.1 Å². The monoisotopic (exact) mass is 1230 g/mol. The van der Waals surface area contributed by atoms with Crippen molar-refractivity contribution < 1.29 is 28.5 Å². The van der Waals surface area contributed by atoms with Crippen molar-refractivity contribution in [2.45, 2.75) is 145 Å². The summed E-state index contributed by atoms with van der Waals surface area (Å²) in [6.45, 7) is 26.2. The second kappa shape index (κ2) is 22.0. The van der Waals surface area contributed by atoms with Gasteiger partial charge in [0.05, 0.1) is 44.4 Å². The van der Waals surface area contributed by atoms with Crippen LogP contribution in [0.25, 0.3) is 117 Å². The molecule has 1 aliphatic heterocycles. The van der Waals surface area contributed by atoms with Crippen molar-refractivity contribution in [1.82, 2.24) is 14.1 Å². The molecule has 13 aromatic rings. The van der Waals surface area contributed by atoms with Crippen LogP contribution in [0.1, 0.15) is 162 Å². The number of hydrogen-bond donors (Lipinski definition) is 0. The minimum atomic E-state index is -2.91. The molecule has 0 amide bonds. The summed E-state index contributed by atoms with van der Waals surface area (Å²) in [6.07, 6.45) is 5.68. The standard InChI is InChI=1S/C88H86N4O/c1-54-26-24-27-55(2)81(54)59-45-74(58-42-63(87(12,13)14)49-64(43-58)88(15,16)17)82-75(46-59)70-32-20-18-30-68(70)69-31-19-21-33-71(69)76-44-57(56-40-61(85(6,7)8)48-62(41-56)86(9,10)11)47-79-83(76)91(82)53-90(79)65-28-25-29-66(51-65)93-67-36-37-73-72-34-22-23-35-77(72)92(78(73)52-67)80-50-60(38-39-89-80)84(3,4)5/h18-52H,1-17H3/i1D3,2D3,18D,19D,20D,21D,30D,31D,32D,33D. The Morgan fingerprint density at radius 3 is 1.54 bits per heavy atom. The van der Waals surface area contributed by atoms with E-state index < -0.39 is 72.9 Å². The number of hydrogen-bond acceptors (Lipinski definition) is 2. The maximum atomic E-state index is 10.4. The number of benzene rings is 10. The number of imidazole rings is 1. The average Bonchev–Trinajstić information content (AvgIpc) is 1.41. The van der Waals surface area contributed by atoms with Crippen LogP contribution < -0.4 is 9.30 Å². The summed E-state index contributed by atoms with van der Waals surface area (Å²) in [5, 5.41) is 2.04. The van der Waals surface area contributed by atoms with Gasteiger partial charge in [-0.05, 0) is 213 Å². The van der Waals surface area contributed by atoms with Gasteiger partial charge in [0, 0.05) is 31.3 Å². The first kappa shape index (κ1) is 46.5. The van der Waals surface area contributed by atoms with Crippen molar-refractivity contribution in [3.63, 3.8) is 0 Å². The molecule has 10 aromatic carbocycles. The van der Waals surface area contributed by atoms with Gasteiger partial charge in [-0.2, -0.15) is 0 Å². The molecule has 464 valence electrons. The molecule has 0 unspecified atom stereocenters. The zero-order valence-corrected chi connectivity index (χ0v) is 55.8. The van der Waals surface area contributed by atoms with E-state index in [1.165, 1.54) is 18.2 Å². The highest BCUT2D eigenvalue weighted by Gasteiger charge is 2.31. The first-order chi connectivity index (χ1) is 49.8. The number of rotatable bonds is 7. The Morgan fingerprint density at radius 1 is 0.419 bits per heavy atom. The molecule has 93 heavy (non-hydrogen) atoms. The summed E-state index contributed by atoms with van der Waals surface area (Å²) in [4.78, 5) is 4.94. The molecule has 0 radical (unpaired) electrons. The molecule has 0 N–H and O–H groups in total. The molecule has 0 fully saturated rings. The number of aromatic nitrogens is 4. The van der Waals surface area contributed by atoms with Crippen molar-refractivity contribution in [2.75, 3.05) is 0 Å². The molecule has 0 saturated heterocycles. The SMILES string of the molecule is [2H]c1c([2H])c([2H])c2c(c1[2H])-c1cc(-c3c(C([2H])([2H])[2H])cccc3C([2H])([2H])[2H])cc(-c3cc(C(C)(C)C)cc(C(C)(C)C)c3)c1-[n+]1[c-]n(-c3cccc(Oc4ccc5c6ccccc6n(-c6cc(C(C)(C)C)ccn6)c5c4)c3)c3cc(-c4cc(C(C)(C)C)cc(C(C)(C)C)c4)cc(c31)-c1c([2H])c([2H])c([2H])c([2H])c1-2. The number of pyridine rings is 1. The van der Waals surface area contributed by atoms with Gasteiger partial charge in [0.25, 0.3) is 6.33 Å². The molecule has 3 aromatic heterocycles. The number of aryl methyl sites for hydroxylation is 2. The predicted molar refractivity (Wildman–Crippen MR) is 391 cm³/mol. The largest absolute Gasteiger partial charge is 0.458 e. The highest BCUT2D eigenvalue weighted by molar-refractivity contribution is 6.10. The maximum Gasteiger partial charge on any atom is 0.269 e. The van der Waals surface area contributed by atoms with E-state index in [-0.39, 0.29) is 77.6 Å². The first-order valence-corrected chi connectivity index (χ1v) is 32.0. The minimum Gasteiger partial charge on any atom is -0.458 e. The van der Waals surface area contributed by atoms with E-state index in [4.69, 9.17) is 17.9 Å². The number of nitrogens with zero attached hydrogens (tertiary/aromatic N) is 4. The van der Waals surface area contributed by atoms with Crippen LogP contribution >= 0.6 is 0 Å². The van der Waals surface area contributed by atoms with Crippen LogP contribution in [0.15, 0.2) is 212 Å². The Bertz CT molecular complexity index is 5800. The lowest BCUT2D eigenvalue weighted by atomic mass is 9.78. The van der Waals surface area contributed by atoms with Crippen LogP contribution in [0, 0.1) is 20.0 Å². The molecule has 1 aliphatic rings. The van der Waals surface area contributed by atoms with E-state index in [0.717, 1.165) is 61.0 Å². The maximum absolute atomic E-state index is 10.4. The number of ether oxygens (including phenoxy) is 1. The smallest absolute Gasteiger partial charge is 0.269 e. The second-order valence-corrected chi connectivity index (χ2v) is 30.2. The fourth-order valence-corrected chi connectivity index (χ4v) is 13.0. The number of para-hydroxylation sites is 1. The van der Waals surface area contributed by atoms with Gasteiger partial charge in [0.2, 0.25) is 0 Å². The van der Waals surface area contributed by atoms with Crippen molar-refractivity contribution in [1.29, 1.82) is 0 Å². The Kier molecular flexibility index (Phi) is 11.0. The summed E-state index contributed by atoms with van der Waals surface area (Å²) >= 11 is 0. The van der Waals surface area contributed by atoms with Crippen LogP contribution in [0.2, 0.25) is 0 Å². The van der Waals surface area contributed by atoms with E-state index in [1.807, 2.05) is 89.6 Å². The van der Waals surface area contributed by atoms with Gasteiger partial charge in [0.1, 0.15) is 17.3 Å². The zero-order chi connectivity index (χ0) is 77.4. The number of fused-ring (bicyclic) bond motifs is 10. The minimum absolute atomic E-state index is 0.0447. The van der Waals surface area contributed by atoms with Gasteiger partial charge < -0.3 is 4.74 Å². The van der Waals surface area contributed by atoms with Crippen LogP contribution in [0.4, 0.5) is 0 Å². The van der Waals surface area contributed by atoms with Crippen molar-refractivity contribution >= 4 is 32.8 Å². The van der Waals surface area contributed by atoms with Gasteiger partial charge in [-0.25, -0.2) is 4.98 Å². The molecule has 14 rings (SSSR count). The Morgan fingerprint density at radius 2 is 0.935 bits per heavy atom. The highest BCUT2D eigenvalue weighted by atomic mass is 16.5. The lowest BCUT2D eigenvalue weighted by Crippen LogP contribution is -2.32. The van der Waals surface area contributed by atoms with Crippen molar-refractivity contribution in [2.24, 2.45) is 0 Å². The van der Waals surface area contributed by atoms with Gasteiger partial charge in [-0.3, -0.25) is 13.7 Å². The molecule has 5 nitrogen and oxygen atoms in total. The normalized spacial score (nSPS) is 15.2. The van der Waals surface area contributed by atoms with E-state index >= 15 is 0 Å². The fourth-order valence-electron chi connectivity index (χ4n) is 13.0. The van der Waals surface area contributed by atoms with Crippen molar-refractivity contribution in [3.05, 3.63) is 258 Å². The quantitative estimate of drug-likeness (QED) is 0.118. The van der Waals surface area contributed by atoms with Gasteiger partial charge >= 0.3 is 0 Å². The summed E-state index contributed by atoms with van der Waals surface area (Å²) < 4.78 is 147. The van der Waals surface area contributed by atoms with E-state index in [2.05, 4.69) is 163 Å². The molecule has 4 heterocycles. The third-order valence-corrected chi connectivity index (χ3v) is 18.4. The molecule has 0 saturated carbocycles. The molecule has 0 bridgehead atoms. The highest BCUT2D eigenvalue weighted by Crippen LogP contribution is 2.50. The van der Waals surface area contributed by atoms with Gasteiger partial charge in [-0.15, -0.1) is 0 Å². The van der Waals surface area contributed by atoms with Gasteiger partial charge in [0.15, 0.2) is 0 Å². The van der Waals surface area contributed by atoms with E-state index in [9.17, 15) is 11.0 Å². The Balaban J connectivity index is 1.18. The van der Waals surface area contributed by atoms with Crippen molar-refractivity contribution in [3.8, 4) is 95.5 Å². The van der Waals surface area contributed by atoms with Crippen LogP contribution in [0.3, 0.4) is 0 Å². The predicted octanol–water partition coefficient (Wildman–Crippen LogP) is 23.4. The summed E-state index contributed by atoms with van der Waals surface area (Å²) in [5.74, 6) is 1.72. The third kappa shape index (κ3) is 11.0. The summed E-state index contributed by atoms with van der Waals surface area (Å²) in [5.41, 5.74) is 7.81. The molecule has 0 spiro atoms. The Hall–Kier alpha value is -9.58. The summed E-state index contributed by atoms with van der Waals surface area (Å²) in [7, 11) is 0. The van der Waals surface area contributed by atoms with Gasteiger partial charge in [-0.1, -0.05) is 237 Å². The lowest BCUT2D eigenvalue weighted by Gasteiger charge is -2.28. The molecular weight excluding hydrogens is 1130 g/mol. The molecule has 0 aliphatic carbocycles. The average molecular weight is 1230 g/mol. The molecule has 0 atom stereocenters. The van der Waals surface area contributed by atoms with E-state index in [0.29, 0.717) is 44.9 Å². The fraction of sp³-hybridized carbons (Fsp3) is 0.250. The Labute approximate surface area is 570 Å². The zero-order valence-electron chi connectivity index (χ0n) is 69.8. The topological polar surface area (TPSA) is 35.9 Å². The second-order valence-electron chi connectivity index (χ2n) is 30.2. The summed E-state index contributed by atoms with van der Waals surface area (Å²) in [6, 6.07) is 45.3.